The smallest absolute Gasteiger partial charge is 0.236 e. The molecule has 2 amide bonds. The molecule has 2 aromatic carbocycles. The van der Waals surface area contributed by atoms with Gasteiger partial charge in [-0.05, 0) is 81.8 Å². The van der Waals surface area contributed by atoms with Gasteiger partial charge in [0.1, 0.15) is 12.0 Å². The molecule has 12 nitrogen and oxygen atoms in total. The van der Waals surface area contributed by atoms with Crippen molar-refractivity contribution in [1.82, 2.24) is 39.7 Å². The summed E-state index contributed by atoms with van der Waals surface area (Å²) >= 11 is 0. The van der Waals surface area contributed by atoms with Crippen molar-refractivity contribution >= 4 is 28.4 Å². The Morgan fingerprint density at radius 1 is 1.00 bits per heavy atom. The zero-order valence-corrected chi connectivity index (χ0v) is 28.9. The number of carbonyl (C=O) groups excluding carboxylic acids is 2. The van der Waals surface area contributed by atoms with Crippen LogP contribution in [0.3, 0.4) is 0 Å². The van der Waals surface area contributed by atoms with Gasteiger partial charge in [-0.2, -0.15) is 10.2 Å². The summed E-state index contributed by atoms with van der Waals surface area (Å²) in [4.78, 5) is 42.4. The summed E-state index contributed by atoms with van der Waals surface area (Å²) in [7, 11) is 1.87. The SMILES string of the molecule is CC(C)Oc1ccc(-c2n[nH]c3ccc(N4CC[C@]5(CCN(CC(=O)N6CCC(c7ccc(-c8ncn(C)n8)cc7)CC6)C5)C4=O)cc23)cn1.[HH]. The first kappa shape index (κ1) is 32.1. The van der Waals surface area contributed by atoms with Gasteiger partial charge < -0.3 is 14.5 Å². The van der Waals surface area contributed by atoms with Gasteiger partial charge in [0.2, 0.25) is 17.7 Å². The van der Waals surface area contributed by atoms with Crippen molar-refractivity contribution in [3.05, 3.63) is 72.7 Å². The zero-order valence-electron chi connectivity index (χ0n) is 28.9. The van der Waals surface area contributed by atoms with Gasteiger partial charge in [0.15, 0.2) is 5.82 Å². The van der Waals surface area contributed by atoms with Crippen LogP contribution in [0.5, 0.6) is 5.88 Å². The van der Waals surface area contributed by atoms with Crippen LogP contribution in [0.2, 0.25) is 0 Å². The first-order valence-electron chi connectivity index (χ1n) is 17.6. The molecule has 3 aromatic heterocycles. The number of fused-ring (bicyclic) bond motifs is 1. The van der Waals surface area contributed by atoms with E-state index in [-0.39, 0.29) is 19.3 Å². The molecule has 0 bridgehead atoms. The Morgan fingerprint density at radius 3 is 2.50 bits per heavy atom. The molecule has 0 saturated carbocycles. The molecule has 3 fully saturated rings. The van der Waals surface area contributed by atoms with Crippen LogP contribution in [0.4, 0.5) is 5.69 Å². The topological polar surface area (TPSA) is 125 Å². The van der Waals surface area contributed by atoms with Crippen LogP contribution >= 0.6 is 0 Å². The van der Waals surface area contributed by atoms with Crippen molar-refractivity contribution in [2.24, 2.45) is 12.5 Å². The summed E-state index contributed by atoms with van der Waals surface area (Å²) in [5.74, 6) is 2.05. The lowest BCUT2D eigenvalue weighted by Gasteiger charge is -2.33. The number of H-pyrrole nitrogens is 1. The van der Waals surface area contributed by atoms with Gasteiger partial charge in [0.05, 0.1) is 23.6 Å². The van der Waals surface area contributed by atoms with E-state index in [0.717, 1.165) is 84.6 Å². The Balaban J connectivity index is 0.00000406. The number of nitrogens with zero attached hydrogens (tertiary/aromatic N) is 8. The molecule has 8 rings (SSSR count). The van der Waals surface area contributed by atoms with Crippen molar-refractivity contribution in [1.29, 1.82) is 0 Å². The standard InChI is InChI=1S/C38H43N9O3.H2/c1-25(2)50-33-11-8-29(21-39-33)35-31-20-30(9-10-32(31)41-42-35)47-19-15-38(37(47)49)14-18-45(23-38)22-34(48)46-16-12-27(13-17-46)26-4-6-28(7-5-26)36-40-24-44(3)43-36;/h4-11,20-21,24-25,27H,12-19,22-23H2,1-3H3,(H,41,42);1H/t38-;/m0./s1. The zero-order chi connectivity index (χ0) is 34.4. The minimum absolute atomic E-state index is 0. The monoisotopic (exact) mass is 675 g/mol. The second-order valence-corrected chi connectivity index (χ2v) is 14.3. The lowest BCUT2D eigenvalue weighted by atomic mass is 9.85. The molecule has 3 saturated heterocycles. The molecule has 6 heterocycles. The minimum Gasteiger partial charge on any atom is -0.475 e. The van der Waals surface area contributed by atoms with Crippen LogP contribution in [0, 0.1) is 5.41 Å². The molecule has 3 aliphatic heterocycles. The molecule has 1 N–H and O–H groups in total. The summed E-state index contributed by atoms with van der Waals surface area (Å²) < 4.78 is 7.41. The predicted molar refractivity (Wildman–Crippen MR) is 193 cm³/mol. The van der Waals surface area contributed by atoms with E-state index in [2.05, 4.69) is 60.5 Å². The number of hydrogen-bond donors (Lipinski definition) is 1. The number of rotatable bonds is 8. The number of piperidine rings is 1. The van der Waals surface area contributed by atoms with E-state index in [0.29, 0.717) is 31.4 Å². The fourth-order valence-electron chi connectivity index (χ4n) is 7.89. The lowest BCUT2D eigenvalue weighted by Crippen LogP contribution is -2.44. The number of pyridine rings is 1. The first-order valence-corrected chi connectivity index (χ1v) is 17.6. The van der Waals surface area contributed by atoms with Gasteiger partial charge in [0.25, 0.3) is 0 Å². The number of aromatic amines is 1. The quantitative estimate of drug-likeness (QED) is 0.235. The lowest BCUT2D eigenvalue weighted by molar-refractivity contribution is -0.133. The highest BCUT2D eigenvalue weighted by atomic mass is 16.5. The largest absolute Gasteiger partial charge is 0.475 e. The molecular weight excluding hydrogens is 630 g/mol. The molecule has 0 unspecified atom stereocenters. The highest BCUT2D eigenvalue weighted by Crippen LogP contribution is 2.43. The predicted octanol–water partition coefficient (Wildman–Crippen LogP) is 5.29. The van der Waals surface area contributed by atoms with E-state index >= 15 is 0 Å². The second kappa shape index (κ2) is 13.0. The number of aryl methyl sites for hydroxylation is 1. The Hall–Kier alpha value is -5.10. The Kier molecular flexibility index (Phi) is 8.34. The van der Waals surface area contributed by atoms with Crippen molar-refractivity contribution in [2.45, 2.75) is 51.6 Å². The van der Waals surface area contributed by atoms with Crippen LogP contribution in [-0.4, -0.2) is 96.9 Å². The summed E-state index contributed by atoms with van der Waals surface area (Å²) in [6.45, 7) is 7.86. The van der Waals surface area contributed by atoms with Crippen LogP contribution in [-0.2, 0) is 16.6 Å². The summed E-state index contributed by atoms with van der Waals surface area (Å²) in [5, 5.41) is 13.0. The van der Waals surface area contributed by atoms with Crippen molar-refractivity contribution in [3.63, 3.8) is 0 Å². The van der Waals surface area contributed by atoms with Crippen LogP contribution in [0.1, 0.15) is 52.4 Å². The van der Waals surface area contributed by atoms with Crippen LogP contribution in [0.25, 0.3) is 33.5 Å². The third kappa shape index (κ3) is 6.12. The molecule has 0 aliphatic carbocycles. The fraction of sp³-hybridized carbons (Fsp3) is 0.421. The number of carbonyl (C=O) groups is 2. The summed E-state index contributed by atoms with van der Waals surface area (Å²) in [6.07, 6.45) is 6.98. The van der Waals surface area contributed by atoms with Gasteiger partial charge in [-0.1, -0.05) is 24.3 Å². The number of anilines is 1. The molecular formula is C38H45N9O3. The molecule has 5 aromatic rings. The molecule has 1 atom stereocenters. The number of ether oxygens (including phenoxy) is 1. The fourth-order valence-corrected chi connectivity index (χ4v) is 7.89. The van der Waals surface area contributed by atoms with E-state index in [4.69, 9.17) is 4.74 Å². The van der Waals surface area contributed by atoms with Crippen molar-refractivity contribution in [2.75, 3.05) is 44.2 Å². The normalized spacial score (nSPS) is 20.2. The van der Waals surface area contributed by atoms with E-state index in [1.807, 2.05) is 55.0 Å². The number of aromatic nitrogens is 6. The maximum atomic E-state index is 14.0. The number of benzene rings is 2. The van der Waals surface area contributed by atoms with Gasteiger partial charge in [-0.15, -0.1) is 0 Å². The highest BCUT2D eigenvalue weighted by Gasteiger charge is 2.51. The van der Waals surface area contributed by atoms with Gasteiger partial charge >= 0.3 is 0 Å². The average molecular weight is 676 g/mol. The van der Waals surface area contributed by atoms with Crippen LogP contribution < -0.4 is 9.64 Å². The molecule has 12 heteroatoms. The number of hydrogen-bond acceptors (Lipinski definition) is 8. The van der Waals surface area contributed by atoms with Gasteiger partial charge in [-0.3, -0.25) is 24.3 Å². The first-order chi connectivity index (χ1) is 24.2. The summed E-state index contributed by atoms with van der Waals surface area (Å²) in [5.41, 5.74) is 5.30. The number of nitrogens with one attached hydrogen (secondary N) is 1. The maximum Gasteiger partial charge on any atom is 0.236 e. The Labute approximate surface area is 292 Å². The second-order valence-electron chi connectivity index (χ2n) is 14.3. The maximum absolute atomic E-state index is 14.0. The van der Waals surface area contributed by atoms with Gasteiger partial charge in [0, 0.05) is 69.1 Å². The number of amides is 2. The third-order valence-corrected chi connectivity index (χ3v) is 10.6. The minimum atomic E-state index is -0.450. The molecule has 50 heavy (non-hydrogen) atoms. The molecule has 1 spiro atoms. The van der Waals surface area contributed by atoms with E-state index < -0.39 is 5.41 Å². The van der Waals surface area contributed by atoms with E-state index in [1.54, 1.807) is 17.2 Å². The third-order valence-electron chi connectivity index (χ3n) is 10.6. The van der Waals surface area contributed by atoms with Gasteiger partial charge in [-0.25, -0.2) is 9.97 Å². The molecule has 0 radical (unpaired) electrons. The number of likely N-dealkylation sites (tertiary alicyclic amines) is 2. The van der Waals surface area contributed by atoms with Crippen molar-refractivity contribution in [3.8, 4) is 28.5 Å². The van der Waals surface area contributed by atoms with E-state index in [9.17, 15) is 9.59 Å². The average Bonchev–Trinajstić information content (AvgIpc) is 3.92. The van der Waals surface area contributed by atoms with Crippen molar-refractivity contribution < 1.29 is 15.8 Å². The Bertz CT molecular complexity index is 2020. The summed E-state index contributed by atoms with van der Waals surface area (Å²) in [6, 6.07) is 18.4. The van der Waals surface area contributed by atoms with Crippen LogP contribution in [0.15, 0.2) is 67.1 Å². The molecule has 260 valence electrons. The highest BCUT2D eigenvalue weighted by molar-refractivity contribution is 6.03. The van der Waals surface area contributed by atoms with E-state index in [1.165, 1.54) is 5.56 Å². The molecule has 3 aliphatic rings. The Morgan fingerprint density at radius 2 is 1.78 bits per heavy atom.